The van der Waals surface area contributed by atoms with Gasteiger partial charge in [0.25, 0.3) is 0 Å². The molecule has 0 saturated carbocycles. The summed E-state index contributed by atoms with van der Waals surface area (Å²) in [6.07, 6.45) is 2.72. The van der Waals surface area contributed by atoms with Gasteiger partial charge in [-0.2, -0.15) is 0 Å². The molecule has 3 atom stereocenters. The van der Waals surface area contributed by atoms with Crippen LogP contribution in [-0.2, 0) is 31.9 Å². The van der Waals surface area contributed by atoms with Crippen LogP contribution < -0.4 is 0 Å². The standard InChI is InChI=1S/C27H36O4Si/c1-32(2,3)19-18-30-27(29)26-24(28)20-23(16-14-21-10-6-4-7-11-21)31-25(26)17-15-22-12-8-5-9-13-22/h4-13,23,25-26H,14-20H2,1-3H3/t23-,25+,26-/m0/s1. The molecule has 4 nitrogen and oxygen atoms in total. The number of ketones is 1. The Kier molecular flexibility index (Phi) is 8.82. The van der Waals surface area contributed by atoms with Gasteiger partial charge in [0.1, 0.15) is 5.92 Å². The summed E-state index contributed by atoms with van der Waals surface area (Å²) in [4.78, 5) is 26.0. The molecule has 1 heterocycles. The summed E-state index contributed by atoms with van der Waals surface area (Å²) >= 11 is 0. The van der Waals surface area contributed by atoms with Gasteiger partial charge in [-0.1, -0.05) is 80.3 Å². The lowest BCUT2D eigenvalue weighted by Gasteiger charge is -2.34. The van der Waals surface area contributed by atoms with Crippen molar-refractivity contribution < 1.29 is 19.1 Å². The SMILES string of the molecule is C[Si](C)(C)CCOC(=O)[C@H]1C(=O)C[C@H](CCc2ccccc2)O[C@@H]1CCc1ccccc1. The molecule has 0 amide bonds. The molecule has 1 aliphatic rings. The second-order valence-corrected chi connectivity index (χ2v) is 15.6. The molecule has 2 aromatic carbocycles. The smallest absolute Gasteiger partial charge is 0.319 e. The summed E-state index contributed by atoms with van der Waals surface area (Å²) in [5.41, 5.74) is 2.41. The van der Waals surface area contributed by atoms with Gasteiger partial charge in [-0.3, -0.25) is 9.59 Å². The highest BCUT2D eigenvalue weighted by Gasteiger charge is 2.42. The van der Waals surface area contributed by atoms with Gasteiger partial charge in [-0.25, -0.2) is 0 Å². The Labute approximate surface area is 193 Å². The second-order valence-electron chi connectivity index (χ2n) is 9.97. The Morgan fingerprint density at radius 3 is 2.06 bits per heavy atom. The number of carbonyl (C=O) groups is 2. The summed E-state index contributed by atoms with van der Waals surface area (Å²) < 4.78 is 11.9. The van der Waals surface area contributed by atoms with E-state index in [2.05, 4.69) is 43.9 Å². The van der Waals surface area contributed by atoms with Crippen molar-refractivity contribution in [3.05, 3.63) is 71.8 Å². The van der Waals surface area contributed by atoms with Crippen molar-refractivity contribution in [2.75, 3.05) is 6.61 Å². The first-order chi connectivity index (χ1) is 15.3. The summed E-state index contributed by atoms with van der Waals surface area (Å²) in [6.45, 7) is 7.13. The minimum absolute atomic E-state index is 0.0367. The topological polar surface area (TPSA) is 52.6 Å². The summed E-state index contributed by atoms with van der Waals surface area (Å²) in [5, 5.41) is 0. The highest BCUT2D eigenvalue weighted by Crippen LogP contribution is 2.29. The molecule has 1 saturated heterocycles. The van der Waals surface area contributed by atoms with E-state index in [4.69, 9.17) is 9.47 Å². The lowest BCUT2D eigenvalue weighted by atomic mass is 9.86. The fourth-order valence-corrected chi connectivity index (χ4v) is 4.81. The van der Waals surface area contributed by atoms with Gasteiger partial charge in [0.2, 0.25) is 0 Å². The number of esters is 1. The van der Waals surface area contributed by atoms with Crippen LogP contribution in [0, 0.1) is 5.92 Å². The molecule has 2 aromatic rings. The fourth-order valence-electron chi connectivity index (χ4n) is 4.09. The molecule has 172 valence electrons. The Bertz CT molecular complexity index is 860. The zero-order chi connectivity index (χ0) is 23.0. The minimum Gasteiger partial charge on any atom is -0.465 e. The van der Waals surface area contributed by atoms with E-state index in [9.17, 15) is 9.59 Å². The van der Waals surface area contributed by atoms with E-state index < -0.39 is 26.1 Å². The number of hydrogen-bond acceptors (Lipinski definition) is 4. The van der Waals surface area contributed by atoms with Gasteiger partial charge in [0.05, 0.1) is 18.8 Å². The summed E-state index contributed by atoms with van der Waals surface area (Å²) in [7, 11) is -1.31. The van der Waals surface area contributed by atoms with Crippen molar-refractivity contribution in [3.63, 3.8) is 0 Å². The Hall–Kier alpha value is -2.24. The second kappa shape index (κ2) is 11.6. The van der Waals surface area contributed by atoms with Gasteiger partial charge in [0.15, 0.2) is 5.78 Å². The average Bonchev–Trinajstić information content (AvgIpc) is 2.76. The van der Waals surface area contributed by atoms with Gasteiger partial charge in [-0.15, -0.1) is 0 Å². The summed E-state index contributed by atoms with van der Waals surface area (Å²) in [5.74, 6) is -1.26. The van der Waals surface area contributed by atoms with Gasteiger partial charge in [0, 0.05) is 14.5 Å². The van der Waals surface area contributed by atoms with Gasteiger partial charge >= 0.3 is 5.97 Å². The first-order valence-electron chi connectivity index (χ1n) is 11.7. The number of aryl methyl sites for hydroxylation is 2. The van der Waals surface area contributed by atoms with Crippen LogP contribution in [0.15, 0.2) is 60.7 Å². The molecule has 1 aliphatic heterocycles. The van der Waals surface area contributed by atoms with E-state index in [0.717, 1.165) is 25.3 Å². The molecule has 32 heavy (non-hydrogen) atoms. The normalized spacial score (nSPS) is 21.3. The van der Waals surface area contributed by atoms with E-state index in [-0.39, 0.29) is 18.3 Å². The number of rotatable bonds is 10. The third-order valence-corrected chi connectivity index (χ3v) is 7.73. The monoisotopic (exact) mass is 452 g/mol. The molecule has 1 fully saturated rings. The van der Waals surface area contributed by atoms with Crippen LogP contribution in [0.1, 0.15) is 30.4 Å². The quantitative estimate of drug-likeness (QED) is 0.272. The molecule has 5 heteroatoms. The van der Waals surface area contributed by atoms with E-state index in [1.54, 1.807) is 0 Å². The number of ether oxygens (including phenoxy) is 2. The predicted octanol–water partition coefficient (Wildman–Crippen LogP) is 5.48. The number of Topliss-reactive ketones (excluding diaryl/α,β-unsaturated/α-hetero) is 1. The minimum atomic E-state index is -1.31. The molecule has 0 radical (unpaired) electrons. The third kappa shape index (κ3) is 7.71. The molecule has 0 spiro atoms. The third-order valence-electron chi connectivity index (χ3n) is 6.02. The predicted molar refractivity (Wildman–Crippen MR) is 130 cm³/mol. The van der Waals surface area contributed by atoms with Gasteiger partial charge < -0.3 is 9.47 Å². The van der Waals surface area contributed by atoms with Crippen molar-refractivity contribution in [1.29, 1.82) is 0 Å². The molecule has 0 bridgehead atoms. The first-order valence-corrected chi connectivity index (χ1v) is 15.5. The highest BCUT2D eigenvalue weighted by molar-refractivity contribution is 6.76. The first kappa shape index (κ1) is 24.4. The molecule has 0 aliphatic carbocycles. The zero-order valence-corrected chi connectivity index (χ0v) is 20.6. The van der Waals surface area contributed by atoms with E-state index in [0.29, 0.717) is 13.0 Å². The van der Waals surface area contributed by atoms with Crippen LogP contribution in [0.5, 0.6) is 0 Å². The van der Waals surface area contributed by atoms with Crippen LogP contribution in [-0.4, -0.2) is 38.6 Å². The highest BCUT2D eigenvalue weighted by atomic mass is 28.3. The van der Waals surface area contributed by atoms with Crippen molar-refractivity contribution in [1.82, 2.24) is 0 Å². The summed E-state index contributed by atoms with van der Waals surface area (Å²) in [6, 6.07) is 21.3. The maximum Gasteiger partial charge on any atom is 0.319 e. The zero-order valence-electron chi connectivity index (χ0n) is 19.6. The number of benzene rings is 2. The van der Waals surface area contributed by atoms with Crippen LogP contribution >= 0.6 is 0 Å². The van der Waals surface area contributed by atoms with Crippen molar-refractivity contribution in [2.24, 2.45) is 5.92 Å². The maximum atomic E-state index is 13.1. The average molecular weight is 453 g/mol. The Morgan fingerprint density at radius 1 is 0.938 bits per heavy atom. The van der Waals surface area contributed by atoms with Crippen LogP contribution in [0.3, 0.4) is 0 Å². The van der Waals surface area contributed by atoms with Crippen LogP contribution in [0.25, 0.3) is 0 Å². The molecule has 0 unspecified atom stereocenters. The fraction of sp³-hybridized carbons (Fsp3) is 0.481. The Morgan fingerprint density at radius 2 is 1.50 bits per heavy atom. The lowest BCUT2D eigenvalue weighted by molar-refractivity contribution is -0.169. The number of carbonyl (C=O) groups excluding carboxylic acids is 2. The van der Waals surface area contributed by atoms with Crippen LogP contribution in [0.4, 0.5) is 0 Å². The Balaban J connectivity index is 1.64. The largest absolute Gasteiger partial charge is 0.465 e. The number of hydrogen-bond donors (Lipinski definition) is 0. The van der Waals surface area contributed by atoms with Crippen molar-refractivity contribution in [2.45, 2.75) is 70.0 Å². The van der Waals surface area contributed by atoms with Crippen LogP contribution in [0.2, 0.25) is 25.7 Å². The molecular formula is C27H36O4Si. The van der Waals surface area contributed by atoms with Crippen molar-refractivity contribution >= 4 is 19.8 Å². The molecular weight excluding hydrogens is 416 g/mol. The van der Waals surface area contributed by atoms with Crippen molar-refractivity contribution in [3.8, 4) is 0 Å². The van der Waals surface area contributed by atoms with E-state index >= 15 is 0 Å². The lowest BCUT2D eigenvalue weighted by Crippen LogP contribution is -2.46. The maximum absolute atomic E-state index is 13.1. The van der Waals surface area contributed by atoms with E-state index in [1.165, 1.54) is 11.1 Å². The molecule has 0 aromatic heterocycles. The molecule has 3 rings (SSSR count). The molecule has 0 N–H and O–H groups in total. The van der Waals surface area contributed by atoms with Gasteiger partial charge in [-0.05, 0) is 42.9 Å². The van der Waals surface area contributed by atoms with E-state index in [1.807, 2.05) is 36.4 Å².